The van der Waals surface area contributed by atoms with E-state index >= 15 is 0 Å². The highest BCUT2D eigenvalue weighted by Gasteiger charge is 2.81. The van der Waals surface area contributed by atoms with Crippen LogP contribution in [0.2, 0.25) is 0 Å². The number of aliphatic hydroxyl groups is 1. The van der Waals surface area contributed by atoms with Gasteiger partial charge in [-0.1, -0.05) is 27.4 Å². The third-order valence-electron chi connectivity index (χ3n) is 9.60. The molecule has 6 heteroatoms. The Morgan fingerprint density at radius 2 is 1.77 bits per heavy atom. The molecule has 4 saturated carbocycles. The maximum Gasteiger partial charge on any atom is 0.302 e. The first-order chi connectivity index (χ1) is 13.9. The number of ether oxygens (including phenoxy) is 3. The Morgan fingerprint density at radius 3 is 2.33 bits per heavy atom. The molecule has 0 aliphatic heterocycles. The molecule has 2 bridgehead atoms. The molecule has 0 saturated heterocycles. The standard InChI is InChI=1S/C24H36O6/c1-13-15-8-11-23(27)22(5)10-9-17(30-14(2)25)21(3,4)16(22)12-18(28-6)24(23,19(13)26)20(15)29-7/h15-18,20,27H,1,8-12H2,2-7H3/t15-,16+,17-,18+,20-,22+,23+,24+/m0/s1. The van der Waals surface area contributed by atoms with Crippen molar-refractivity contribution in [3.63, 3.8) is 0 Å². The van der Waals surface area contributed by atoms with Crippen LogP contribution in [0.4, 0.5) is 0 Å². The maximum atomic E-state index is 13.8. The van der Waals surface area contributed by atoms with Crippen LogP contribution < -0.4 is 0 Å². The number of carbonyl (C=O) groups is 2. The van der Waals surface area contributed by atoms with E-state index in [1.165, 1.54) is 6.92 Å². The molecule has 0 heterocycles. The van der Waals surface area contributed by atoms with Gasteiger partial charge in [-0.3, -0.25) is 9.59 Å². The van der Waals surface area contributed by atoms with E-state index in [0.29, 0.717) is 37.7 Å². The zero-order valence-corrected chi connectivity index (χ0v) is 19.1. The number of hydrogen-bond acceptors (Lipinski definition) is 6. The number of esters is 1. The quantitative estimate of drug-likeness (QED) is 0.558. The summed E-state index contributed by atoms with van der Waals surface area (Å²) in [5.74, 6) is -0.440. The first kappa shape index (κ1) is 22.0. The van der Waals surface area contributed by atoms with E-state index in [9.17, 15) is 14.7 Å². The van der Waals surface area contributed by atoms with Crippen LogP contribution in [0.5, 0.6) is 0 Å². The summed E-state index contributed by atoms with van der Waals surface area (Å²) in [7, 11) is 3.24. The van der Waals surface area contributed by atoms with Gasteiger partial charge in [-0.05, 0) is 43.6 Å². The van der Waals surface area contributed by atoms with Crippen molar-refractivity contribution in [2.45, 2.75) is 83.7 Å². The van der Waals surface area contributed by atoms with Crippen LogP contribution >= 0.6 is 0 Å². The van der Waals surface area contributed by atoms with Gasteiger partial charge < -0.3 is 19.3 Å². The van der Waals surface area contributed by atoms with Gasteiger partial charge >= 0.3 is 5.97 Å². The maximum absolute atomic E-state index is 13.8. The fraction of sp³-hybridized carbons (Fsp3) is 0.833. The Kier molecular flexibility index (Phi) is 4.86. The highest BCUT2D eigenvalue weighted by Crippen LogP contribution is 2.73. The summed E-state index contributed by atoms with van der Waals surface area (Å²) in [4.78, 5) is 25.5. The number of hydrogen-bond donors (Lipinski definition) is 1. The van der Waals surface area contributed by atoms with Crippen molar-refractivity contribution in [2.75, 3.05) is 14.2 Å². The Morgan fingerprint density at radius 1 is 1.10 bits per heavy atom. The molecule has 4 fully saturated rings. The van der Waals surface area contributed by atoms with Gasteiger partial charge in [-0.25, -0.2) is 0 Å². The molecule has 0 aromatic carbocycles. The molecule has 168 valence electrons. The molecular weight excluding hydrogens is 384 g/mol. The van der Waals surface area contributed by atoms with Crippen molar-refractivity contribution >= 4 is 11.8 Å². The van der Waals surface area contributed by atoms with E-state index in [1.807, 2.05) is 0 Å². The fourth-order valence-corrected chi connectivity index (χ4v) is 8.26. The van der Waals surface area contributed by atoms with Gasteiger partial charge in [-0.2, -0.15) is 0 Å². The topological polar surface area (TPSA) is 82.1 Å². The van der Waals surface area contributed by atoms with Gasteiger partial charge in [0, 0.05) is 37.9 Å². The van der Waals surface area contributed by atoms with Gasteiger partial charge in [0.05, 0.1) is 17.8 Å². The Balaban J connectivity index is 1.89. The summed E-state index contributed by atoms with van der Waals surface area (Å²) in [6, 6.07) is 0. The lowest BCUT2D eigenvalue weighted by molar-refractivity contribution is -0.318. The molecule has 1 N–H and O–H groups in total. The number of rotatable bonds is 3. The molecule has 0 aromatic rings. The Bertz CT molecular complexity index is 789. The van der Waals surface area contributed by atoms with Gasteiger partial charge in [0.15, 0.2) is 5.78 Å². The molecular formula is C24H36O6. The highest BCUT2D eigenvalue weighted by molar-refractivity contribution is 6.05. The van der Waals surface area contributed by atoms with Crippen LogP contribution in [0.25, 0.3) is 0 Å². The predicted molar refractivity (Wildman–Crippen MR) is 111 cm³/mol. The molecule has 0 amide bonds. The summed E-state index contributed by atoms with van der Waals surface area (Å²) in [5, 5.41) is 12.6. The van der Waals surface area contributed by atoms with Crippen molar-refractivity contribution in [3.05, 3.63) is 12.2 Å². The van der Waals surface area contributed by atoms with E-state index in [0.717, 1.165) is 0 Å². The molecule has 4 aliphatic rings. The monoisotopic (exact) mass is 420 g/mol. The van der Waals surface area contributed by atoms with Crippen LogP contribution in [0.15, 0.2) is 12.2 Å². The van der Waals surface area contributed by atoms with E-state index < -0.39 is 28.6 Å². The van der Waals surface area contributed by atoms with Crippen LogP contribution in [-0.2, 0) is 23.8 Å². The van der Waals surface area contributed by atoms with Crippen molar-refractivity contribution in [1.29, 1.82) is 0 Å². The molecule has 0 radical (unpaired) electrons. The van der Waals surface area contributed by atoms with Crippen molar-refractivity contribution in [3.8, 4) is 0 Å². The second kappa shape index (κ2) is 6.63. The van der Waals surface area contributed by atoms with Crippen molar-refractivity contribution < 1.29 is 28.9 Å². The zero-order chi connectivity index (χ0) is 22.3. The highest BCUT2D eigenvalue weighted by atomic mass is 16.5. The SMILES string of the molecule is C=C1C(=O)[C@@]23[C@H](OC)C[C@@H]4C(C)(C)[C@@H](OC(C)=O)CC[C@@]4(C)[C@]2(O)CC[C@@H]1[C@@H]3OC. The summed E-state index contributed by atoms with van der Waals surface area (Å²) in [5.41, 5.74) is -2.77. The van der Waals surface area contributed by atoms with Crippen molar-refractivity contribution in [2.24, 2.45) is 28.1 Å². The summed E-state index contributed by atoms with van der Waals surface area (Å²) in [6.07, 6.45) is 1.97. The number of carbonyl (C=O) groups excluding carboxylic acids is 2. The first-order valence-corrected chi connectivity index (χ1v) is 11.1. The zero-order valence-electron chi connectivity index (χ0n) is 19.1. The van der Waals surface area contributed by atoms with Crippen LogP contribution in [-0.4, -0.2) is 55.0 Å². The second-order valence-corrected chi connectivity index (χ2v) is 10.8. The summed E-state index contributed by atoms with van der Waals surface area (Å²) in [6.45, 7) is 11.9. The first-order valence-electron chi connectivity index (χ1n) is 11.1. The van der Waals surface area contributed by atoms with E-state index in [4.69, 9.17) is 14.2 Å². The third kappa shape index (κ3) is 2.25. The molecule has 1 spiro atoms. The molecule has 6 nitrogen and oxygen atoms in total. The molecule has 8 atom stereocenters. The second-order valence-electron chi connectivity index (χ2n) is 10.8. The minimum absolute atomic E-state index is 0.0133. The number of Topliss-reactive ketones (excluding diaryl/α,β-unsaturated/α-hetero) is 1. The average Bonchev–Trinajstić information content (AvgIpc) is 2.84. The predicted octanol–water partition coefficient (Wildman–Crippen LogP) is 3.06. The average molecular weight is 421 g/mol. The fourth-order valence-electron chi connectivity index (χ4n) is 8.26. The number of fused-ring (bicyclic) bond motifs is 3. The lowest BCUT2D eigenvalue weighted by Gasteiger charge is -2.70. The smallest absolute Gasteiger partial charge is 0.302 e. The molecule has 4 aliphatic carbocycles. The number of methoxy groups -OCH3 is 2. The minimum atomic E-state index is -1.28. The Labute approximate surface area is 179 Å². The van der Waals surface area contributed by atoms with E-state index in [1.54, 1.807) is 14.2 Å². The van der Waals surface area contributed by atoms with Crippen molar-refractivity contribution in [1.82, 2.24) is 0 Å². The van der Waals surface area contributed by atoms with Gasteiger partial charge in [0.1, 0.15) is 11.5 Å². The minimum Gasteiger partial charge on any atom is -0.462 e. The van der Waals surface area contributed by atoms with E-state index in [-0.39, 0.29) is 35.1 Å². The normalized spacial score (nSPS) is 49.4. The van der Waals surface area contributed by atoms with Crippen LogP contribution in [0.1, 0.15) is 59.8 Å². The third-order valence-corrected chi connectivity index (χ3v) is 9.60. The molecule has 0 unspecified atom stereocenters. The van der Waals surface area contributed by atoms with Crippen LogP contribution in [0, 0.1) is 28.1 Å². The number of ketones is 1. The summed E-state index contributed by atoms with van der Waals surface area (Å²) < 4.78 is 17.6. The van der Waals surface area contributed by atoms with E-state index in [2.05, 4.69) is 27.4 Å². The van der Waals surface area contributed by atoms with Gasteiger partial charge in [-0.15, -0.1) is 0 Å². The largest absolute Gasteiger partial charge is 0.462 e. The lowest BCUT2D eigenvalue weighted by Crippen LogP contribution is -2.78. The Hall–Kier alpha value is -1.24. The lowest BCUT2D eigenvalue weighted by atomic mass is 9.37. The molecule has 30 heavy (non-hydrogen) atoms. The van der Waals surface area contributed by atoms with Gasteiger partial charge in [0.2, 0.25) is 0 Å². The summed E-state index contributed by atoms with van der Waals surface area (Å²) >= 11 is 0. The molecule has 0 aromatic heterocycles. The molecule has 4 rings (SSSR count). The van der Waals surface area contributed by atoms with Crippen LogP contribution in [0.3, 0.4) is 0 Å². The van der Waals surface area contributed by atoms with Gasteiger partial charge in [0.25, 0.3) is 0 Å².